The minimum absolute atomic E-state index is 0.0134. The van der Waals surface area contributed by atoms with E-state index in [1.54, 1.807) is 25.3 Å². The zero-order valence-corrected chi connectivity index (χ0v) is 16.6. The van der Waals surface area contributed by atoms with E-state index in [1.165, 1.54) is 6.07 Å². The van der Waals surface area contributed by atoms with E-state index >= 15 is 4.39 Å². The third kappa shape index (κ3) is 3.12. The fraction of sp³-hybridized carbons (Fsp3) is 0.304. The van der Waals surface area contributed by atoms with Gasteiger partial charge in [0.2, 0.25) is 0 Å². The minimum atomic E-state index is -0.928. The van der Waals surface area contributed by atoms with Crippen LogP contribution in [0.15, 0.2) is 29.3 Å². The lowest BCUT2D eigenvalue weighted by Gasteiger charge is -2.16. The molecule has 6 heteroatoms. The number of fused-ring (bicyclic) bond motifs is 2. The van der Waals surface area contributed by atoms with Crippen molar-refractivity contribution in [1.82, 2.24) is 4.57 Å². The summed E-state index contributed by atoms with van der Waals surface area (Å²) < 4.78 is 31.4. The highest BCUT2D eigenvalue weighted by atomic mass is 19.1. The molecule has 0 atom stereocenters. The first kappa shape index (κ1) is 19.3. The first-order chi connectivity index (χ1) is 13.8. The zero-order valence-electron chi connectivity index (χ0n) is 16.6. The molecule has 1 aliphatic heterocycles. The molecule has 0 unspecified atom stereocenters. The lowest BCUT2D eigenvalue weighted by atomic mass is 9.97. The number of hydrogen-bond donors (Lipinski definition) is 1. The van der Waals surface area contributed by atoms with Crippen LogP contribution in [-0.2, 0) is 17.8 Å². The van der Waals surface area contributed by atoms with Crippen LogP contribution >= 0.6 is 0 Å². The van der Waals surface area contributed by atoms with Crippen molar-refractivity contribution in [1.29, 1.82) is 0 Å². The Morgan fingerprint density at radius 3 is 2.69 bits per heavy atom. The van der Waals surface area contributed by atoms with Gasteiger partial charge in [-0.25, -0.2) is 8.78 Å². The summed E-state index contributed by atoms with van der Waals surface area (Å²) >= 11 is 0. The molecule has 4 nitrogen and oxygen atoms in total. The van der Waals surface area contributed by atoms with E-state index in [4.69, 9.17) is 0 Å². The predicted molar refractivity (Wildman–Crippen MR) is 109 cm³/mol. The Hall–Kier alpha value is -3.02. The SMILES string of the molecule is Cc1cc(-n2c(C(C)C)c(CCC(=O)O)c3c(F)c4c(cc32)C=NC4)ccc1F. The first-order valence-corrected chi connectivity index (χ1v) is 9.66. The molecular weight excluding hydrogens is 374 g/mol. The minimum Gasteiger partial charge on any atom is -0.481 e. The Labute approximate surface area is 167 Å². The van der Waals surface area contributed by atoms with Gasteiger partial charge < -0.3 is 9.67 Å². The van der Waals surface area contributed by atoms with Crippen molar-refractivity contribution in [3.63, 3.8) is 0 Å². The highest BCUT2D eigenvalue weighted by molar-refractivity contribution is 5.96. The summed E-state index contributed by atoms with van der Waals surface area (Å²) in [5.41, 5.74) is 4.70. The highest BCUT2D eigenvalue weighted by Gasteiger charge is 2.27. The van der Waals surface area contributed by atoms with Crippen LogP contribution in [0.5, 0.6) is 0 Å². The van der Waals surface area contributed by atoms with Crippen molar-refractivity contribution in [2.45, 2.75) is 46.1 Å². The van der Waals surface area contributed by atoms with Crippen LogP contribution in [0, 0.1) is 18.6 Å². The van der Waals surface area contributed by atoms with Crippen LogP contribution in [0.25, 0.3) is 16.6 Å². The van der Waals surface area contributed by atoms with Crippen LogP contribution in [0.1, 0.15) is 54.1 Å². The van der Waals surface area contributed by atoms with Gasteiger partial charge in [-0.15, -0.1) is 0 Å². The maximum Gasteiger partial charge on any atom is 0.303 e. The second kappa shape index (κ2) is 7.10. The fourth-order valence-corrected chi connectivity index (χ4v) is 4.20. The number of aromatic nitrogens is 1. The topological polar surface area (TPSA) is 54.6 Å². The number of nitrogens with zero attached hydrogens (tertiary/aromatic N) is 2. The molecule has 1 aromatic heterocycles. The summed E-state index contributed by atoms with van der Waals surface area (Å²) in [6, 6.07) is 6.72. The van der Waals surface area contributed by atoms with Crippen LogP contribution < -0.4 is 0 Å². The monoisotopic (exact) mass is 396 g/mol. The molecular formula is C23H22F2N2O2. The molecule has 1 aliphatic rings. The van der Waals surface area contributed by atoms with E-state index in [0.717, 1.165) is 16.9 Å². The lowest BCUT2D eigenvalue weighted by Crippen LogP contribution is -2.06. The second-order valence-corrected chi connectivity index (χ2v) is 7.80. The molecule has 0 bridgehead atoms. The van der Waals surface area contributed by atoms with Crippen LogP contribution in [0.3, 0.4) is 0 Å². The third-order valence-electron chi connectivity index (χ3n) is 5.49. The average Bonchev–Trinajstić information content (AvgIpc) is 3.25. The number of carboxylic acids is 1. The molecule has 0 saturated heterocycles. The number of carboxylic acid groups (broad SMARTS) is 1. The fourth-order valence-electron chi connectivity index (χ4n) is 4.20. The average molecular weight is 396 g/mol. The molecule has 4 rings (SSSR count). The van der Waals surface area contributed by atoms with E-state index in [2.05, 4.69) is 4.99 Å². The number of hydrogen-bond acceptors (Lipinski definition) is 2. The molecule has 0 saturated carbocycles. The standard InChI is InChI=1S/C23H22F2N2O2/c1-12(2)23-16(5-7-20(28)29)21-19(9-14-10-26-11-17(14)22(21)25)27(23)15-4-6-18(24)13(3)8-15/h4,6,8-10,12H,5,7,11H2,1-3H3,(H,28,29). The van der Waals surface area contributed by atoms with Gasteiger partial charge in [-0.3, -0.25) is 9.79 Å². The van der Waals surface area contributed by atoms with Crippen molar-refractivity contribution in [2.75, 3.05) is 0 Å². The van der Waals surface area contributed by atoms with Gasteiger partial charge in [0.15, 0.2) is 0 Å². The molecule has 150 valence electrons. The van der Waals surface area contributed by atoms with Gasteiger partial charge in [0.1, 0.15) is 11.6 Å². The van der Waals surface area contributed by atoms with Crippen LogP contribution in [0.4, 0.5) is 8.78 Å². The van der Waals surface area contributed by atoms with Gasteiger partial charge in [0.25, 0.3) is 0 Å². The normalized spacial score (nSPS) is 12.9. The Morgan fingerprint density at radius 1 is 1.28 bits per heavy atom. The maximum atomic E-state index is 15.6. The van der Waals surface area contributed by atoms with Crippen LogP contribution in [-0.4, -0.2) is 21.9 Å². The van der Waals surface area contributed by atoms with Gasteiger partial charge in [-0.2, -0.15) is 0 Å². The molecule has 0 spiro atoms. The number of benzene rings is 2. The molecule has 0 fully saturated rings. The Morgan fingerprint density at radius 2 is 2.03 bits per heavy atom. The van der Waals surface area contributed by atoms with E-state index in [-0.39, 0.29) is 36.9 Å². The van der Waals surface area contributed by atoms with Crippen molar-refractivity contribution in [3.05, 3.63) is 63.8 Å². The van der Waals surface area contributed by atoms with Crippen molar-refractivity contribution in [2.24, 2.45) is 4.99 Å². The molecule has 0 aliphatic carbocycles. The Kier molecular flexibility index (Phi) is 4.73. The Bertz CT molecular complexity index is 1180. The zero-order chi connectivity index (χ0) is 20.9. The maximum absolute atomic E-state index is 15.6. The molecule has 2 aromatic carbocycles. The van der Waals surface area contributed by atoms with Gasteiger partial charge in [-0.05, 0) is 54.7 Å². The highest BCUT2D eigenvalue weighted by Crippen LogP contribution is 2.39. The van der Waals surface area contributed by atoms with E-state index in [1.807, 2.05) is 24.5 Å². The summed E-state index contributed by atoms with van der Waals surface area (Å²) in [6.07, 6.45) is 1.80. The first-order valence-electron chi connectivity index (χ1n) is 9.66. The van der Waals surface area contributed by atoms with Crippen LogP contribution in [0.2, 0.25) is 0 Å². The largest absolute Gasteiger partial charge is 0.481 e. The molecule has 2 heterocycles. The van der Waals surface area contributed by atoms with Crippen molar-refractivity contribution in [3.8, 4) is 5.69 Å². The molecule has 1 N–H and O–H groups in total. The summed E-state index contributed by atoms with van der Waals surface area (Å²) in [4.78, 5) is 15.4. The summed E-state index contributed by atoms with van der Waals surface area (Å²) in [5, 5.41) is 9.67. The predicted octanol–water partition coefficient (Wildman–Crippen LogP) is 5.29. The van der Waals surface area contributed by atoms with E-state index in [9.17, 15) is 14.3 Å². The summed E-state index contributed by atoms with van der Waals surface area (Å²) in [5.74, 6) is -1.56. The van der Waals surface area contributed by atoms with Crippen molar-refractivity contribution < 1.29 is 18.7 Å². The van der Waals surface area contributed by atoms with E-state index in [0.29, 0.717) is 27.6 Å². The van der Waals surface area contributed by atoms with E-state index < -0.39 is 5.97 Å². The molecule has 0 amide bonds. The number of carbonyl (C=O) groups is 1. The second-order valence-electron chi connectivity index (χ2n) is 7.80. The Balaban J connectivity index is 2.11. The number of aliphatic imine (C=N–C) groups is 1. The lowest BCUT2D eigenvalue weighted by molar-refractivity contribution is -0.136. The number of rotatable bonds is 5. The number of aliphatic carboxylic acids is 1. The van der Waals surface area contributed by atoms with Gasteiger partial charge in [0.05, 0.1) is 12.1 Å². The van der Waals surface area contributed by atoms with Gasteiger partial charge >= 0.3 is 5.97 Å². The molecule has 0 radical (unpaired) electrons. The summed E-state index contributed by atoms with van der Waals surface area (Å²) in [7, 11) is 0. The summed E-state index contributed by atoms with van der Waals surface area (Å²) in [6.45, 7) is 5.97. The molecule has 29 heavy (non-hydrogen) atoms. The van der Waals surface area contributed by atoms with Gasteiger partial charge in [-0.1, -0.05) is 13.8 Å². The smallest absolute Gasteiger partial charge is 0.303 e. The van der Waals surface area contributed by atoms with Gasteiger partial charge in [0, 0.05) is 40.5 Å². The number of aryl methyl sites for hydroxylation is 2. The molecule has 3 aromatic rings. The number of halogens is 2. The third-order valence-corrected chi connectivity index (χ3v) is 5.49. The quantitative estimate of drug-likeness (QED) is 0.637. The van der Waals surface area contributed by atoms with Crippen molar-refractivity contribution >= 4 is 23.1 Å².